The first-order valence-electron chi connectivity index (χ1n) is 5.94. The van der Waals surface area contributed by atoms with Crippen LogP contribution in [-0.2, 0) is 4.79 Å². The van der Waals surface area contributed by atoms with E-state index in [-0.39, 0.29) is 12.1 Å². The summed E-state index contributed by atoms with van der Waals surface area (Å²) in [5.41, 5.74) is 0. The fourth-order valence-corrected chi connectivity index (χ4v) is 2.69. The van der Waals surface area contributed by atoms with Crippen molar-refractivity contribution in [2.24, 2.45) is 5.92 Å². The number of urea groups is 1. The molecule has 0 aromatic carbocycles. The Morgan fingerprint density at radius 1 is 1.53 bits per heavy atom. The van der Waals surface area contributed by atoms with Gasteiger partial charge in [-0.3, -0.25) is 4.79 Å². The van der Waals surface area contributed by atoms with Crippen LogP contribution in [-0.4, -0.2) is 41.2 Å². The summed E-state index contributed by atoms with van der Waals surface area (Å²) < 4.78 is 0. The summed E-state index contributed by atoms with van der Waals surface area (Å²) in [4.78, 5) is 22.0. The number of rotatable bonds is 5. The van der Waals surface area contributed by atoms with E-state index in [0.717, 1.165) is 18.6 Å². The minimum Gasteiger partial charge on any atom is -0.481 e. The third-order valence-electron chi connectivity index (χ3n) is 2.78. The van der Waals surface area contributed by atoms with Gasteiger partial charge in [-0.05, 0) is 25.0 Å². The predicted molar refractivity (Wildman–Crippen MR) is 68.3 cm³/mol. The van der Waals surface area contributed by atoms with E-state index in [1.54, 1.807) is 6.92 Å². The molecular weight excluding hydrogens is 240 g/mol. The second-order valence-electron chi connectivity index (χ2n) is 4.34. The standard InChI is InChI=1S/C11H20N2O3S/c1-8(10(14)15)4-5-12-11(16)13-9-3-2-6-17-7-9/h8-9H,2-7H2,1H3,(H,14,15)(H2,12,13,16). The van der Waals surface area contributed by atoms with Gasteiger partial charge in [-0.25, -0.2) is 4.79 Å². The lowest BCUT2D eigenvalue weighted by atomic mass is 10.1. The van der Waals surface area contributed by atoms with Crippen LogP contribution in [0.15, 0.2) is 0 Å². The number of carboxylic acids is 1. The van der Waals surface area contributed by atoms with Crippen LogP contribution in [0, 0.1) is 5.92 Å². The first kappa shape index (κ1) is 14.2. The van der Waals surface area contributed by atoms with Crippen molar-refractivity contribution in [3.05, 3.63) is 0 Å². The van der Waals surface area contributed by atoms with Crippen LogP contribution in [0.1, 0.15) is 26.2 Å². The van der Waals surface area contributed by atoms with E-state index in [9.17, 15) is 9.59 Å². The Morgan fingerprint density at radius 3 is 2.88 bits per heavy atom. The molecular formula is C11H20N2O3S. The number of thioether (sulfide) groups is 1. The zero-order valence-corrected chi connectivity index (χ0v) is 10.9. The van der Waals surface area contributed by atoms with E-state index < -0.39 is 11.9 Å². The molecule has 0 bridgehead atoms. The molecule has 1 aliphatic rings. The fraction of sp³-hybridized carbons (Fsp3) is 0.818. The fourth-order valence-electron chi connectivity index (χ4n) is 1.62. The number of hydrogen-bond donors (Lipinski definition) is 3. The van der Waals surface area contributed by atoms with Gasteiger partial charge in [-0.15, -0.1) is 0 Å². The molecule has 5 nitrogen and oxygen atoms in total. The normalized spacial score (nSPS) is 21.6. The quantitative estimate of drug-likeness (QED) is 0.696. The van der Waals surface area contributed by atoms with Crippen molar-refractivity contribution in [1.82, 2.24) is 10.6 Å². The summed E-state index contributed by atoms with van der Waals surface area (Å²) >= 11 is 1.86. The van der Waals surface area contributed by atoms with Gasteiger partial charge in [-0.1, -0.05) is 6.92 Å². The number of aliphatic carboxylic acids is 1. The molecule has 0 saturated carbocycles. The van der Waals surface area contributed by atoms with Crippen LogP contribution in [0.5, 0.6) is 0 Å². The lowest BCUT2D eigenvalue weighted by Gasteiger charge is -2.22. The molecule has 6 heteroatoms. The smallest absolute Gasteiger partial charge is 0.315 e. The number of carboxylic acid groups (broad SMARTS) is 1. The molecule has 1 fully saturated rings. The molecule has 0 spiro atoms. The number of amides is 2. The summed E-state index contributed by atoms with van der Waals surface area (Å²) in [6.45, 7) is 2.04. The lowest BCUT2D eigenvalue weighted by Crippen LogP contribution is -2.44. The van der Waals surface area contributed by atoms with Crippen LogP contribution in [0.4, 0.5) is 4.79 Å². The largest absolute Gasteiger partial charge is 0.481 e. The van der Waals surface area contributed by atoms with Gasteiger partial charge in [0, 0.05) is 18.3 Å². The molecule has 2 atom stereocenters. The third-order valence-corrected chi connectivity index (χ3v) is 4.00. The minimum atomic E-state index is -0.823. The van der Waals surface area contributed by atoms with Crippen LogP contribution in [0.3, 0.4) is 0 Å². The van der Waals surface area contributed by atoms with Crippen LogP contribution in [0.2, 0.25) is 0 Å². The van der Waals surface area contributed by atoms with Crippen molar-refractivity contribution in [1.29, 1.82) is 0 Å². The van der Waals surface area contributed by atoms with Gasteiger partial charge < -0.3 is 15.7 Å². The third kappa shape index (κ3) is 5.81. The van der Waals surface area contributed by atoms with E-state index in [1.165, 1.54) is 5.75 Å². The maximum absolute atomic E-state index is 11.5. The van der Waals surface area contributed by atoms with Gasteiger partial charge in [-0.2, -0.15) is 11.8 Å². The molecule has 1 heterocycles. The Hall–Kier alpha value is -0.910. The number of hydrogen-bond acceptors (Lipinski definition) is 3. The van der Waals surface area contributed by atoms with Gasteiger partial charge in [0.25, 0.3) is 0 Å². The molecule has 0 aliphatic carbocycles. The molecule has 1 aliphatic heterocycles. The number of nitrogens with one attached hydrogen (secondary N) is 2. The molecule has 17 heavy (non-hydrogen) atoms. The summed E-state index contributed by atoms with van der Waals surface area (Å²) in [5.74, 6) is 0.908. The Morgan fingerprint density at radius 2 is 2.29 bits per heavy atom. The van der Waals surface area contributed by atoms with E-state index in [4.69, 9.17) is 5.11 Å². The molecule has 2 amide bonds. The minimum absolute atomic E-state index is 0.185. The number of carbonyl (C=O) groups excluding carboxylic acids is 1. The van der Waals surface area contributed by atoms with Crippen molar-refractivity contribution in [3.63, 3.8) is 0 Å². The maximum Gasteiger partial charge on any atom is 0.315 e. The Kier molecular flexibility index (Phi) is 6.18. The maximum atomic E-state index is 11.5. The van der Waals surface area contributed by atoms with Crippen LogP contribution >= 0.6 is 11.8 Å². The zero-order valence-electron chi connectivity index (χ0n) is 10.1. The van der Waals surface area contributed by atoms with Gasteiger partial charge in [0.05, 0.1) is 5.92 Å². The molecule has 0 aromatic heterocycles. The zero-order chi connectivity index (χ0) is 12.7. The second kappa shape index (κ2) is 7.42. The van der Waals surface area contributed by atoms with Gasteiger partial charge in [0.1, 0.15) is 0 Å². The van der Waals surface area contributed by atoms with Crippen LogP contribution < -0.4 is 10.6 Å². The summed E-state index contributed by atoms with van der Waals surface area (Å²) in [7, 11) is 0. The molecule has 3 N–H and O–H groups in total. The molecule has 98 valence electrons. The van der Waals surface area contributed by atoms with Crippen molar-refractivity contribution < 1.29 is 14.7 Å². The molecule has 0 aromatic rings. The molecule has 2 unspecified atom stereocenters. The van der Waals surface area contributed by atoms with Gasteiger partial charge in [0.2, 0.25) is 0 Å². The van der Waals surface area contributed by atoms with Crippen molar-refractivity contribution >= 4 is 23.8 Å². The Labute approximate surface area is 106 Å². The highest BCUT2D eigenvalue weighted by atomic mass is 32.2. The average molecular weight is 260 g/mol. The first-order chi connectivity index (χ1) is 8.09. The first-order valence-corrected chi connectivity index (χ1v) is 7.10. The van der Waals surface area contributed by atoms with Gasteiger partial charge in [0.15, 0.2) is 0 Å². The number of carbonyl (C=O) groups is 2. The molecule has 1 saturated heterocycles. The topological polar surface area (TPSA) is 78.4 Å². The van der Waals surface area contributed by atoms with Crippen molar-refractivity contribution in [2.75, 3.05) is 18.1 Å². The monoisotopic (exact) mass is 260 g/mol. The highest BCUT2D eigenvalue weighted by Crippen LogP contribution is 2.16. The van der Waals surface area contributed by atoms with E-state index in [1.807, 2.05) is 11.8 Å². The van der Waals surface area contributed by atoms with Gasteiger partial charge >= 0.3 is 12.0 Å². The highest BCUT2D eigenvalue weighted by Gasteiger charge is 2.16. The molecule has 0 radical (unpaired) electrons. The SMILES string of the molecule is CC(CCNC(=O)NC1CCCSC1)C(=O)O. The lowest BCUT2D eigenvalue weighted by molar-refractivity contribution is -0.141. The summed E-state index contributed by atoms with van der Waals surface area (Å²) in [6.07, 6.45) is 2.64. The molecule has 1 rings (SSSR count). The Bertz CT molecular complexity index is 267. The predicted octanol–water partition coefficient (Wildman–Crippen LogP) is 1.29. The summed E-state index contributed by atoms with van der Waals surface area (Å²) in [6, 6.07) is 0.0701. The van der Waals surface area contributed by atoms with E-state index in [0.29, 0.717) is 13.0 Å². The van der Waals surface area contributed by atoms with Crippen LogP contribution in [0.25, 0.3) is 0 Å². The summed E-state index contributed by atoms with van der Waals surface area (Å²) in [5, 5.41) is 14.3. The van der Waals surface area contributed by atoms with E-state index >= 15 is 0 Å². The van der Waals surface area contributed by atoms with Crippen molar-refractivity contribution in [2.45, 2.75) is 32.2 Å². The highest BCUT2D eigenvalue weighted by molar-refractivity contribution is 7.99. The Balaban J connectivity index is 2.10. The van der Waals surface area contributed by atoms with Crippen molar-refractivity contribution in [3.8, 4) is 0 Å². The van der Waals surface area contributed by atoms with E-state index in [2.05, 4.69) is 10.6 Å². The second-order valence-corrected chi connectivity index (χ2v) is 5.49. The average Bonchev–Trinajstić information content (AvgIpc) is 2.30.